The molecule has 1 atom stereocenters. The summed E-state index contributed by atoms with van der Waals surface area (Å²) < 4.78 is 22.6. The lowest BCUT2D eigenvalue weighted by atomic mass is 10.0. The highest BCUT2D eigenvalue weighted by Crippen LogP contribution is 2.23. The molecule has 42 heavy (non-hydrogen) atoms. The topological polar surface area (TPSA) is 117 Å². The van der Waals surface area contributed by atoms with Crippen molar-refractivity contribution in [3.8, 4) is 5.75 Å². The van der Waals surface area contributed by atoms with Crippen LogP contribution in [-0.4, -0.2) is 17.3 Å². The van der Waals surface area contributed by atoms with Gasteiger partial charge in [-0.15, -0.1) is 0 Å². The molecule has 0 amide bonds. The molecule has 1 unspecified atom stereocenters. The van der Waals surface area contributed by atoms with Crippen LogP contribution in [-0.2, 0) is 9.47 Å². The predicted molar refractivity (Wildman–Crippen MR) is 170 cm³/mol. The van der Waals surface area contributed by atoms with Crippen LogP contribution in [0.25, 0.3) is 0 Å². The van der Waals surface area contributed by atoms with E-state index in [1.807, 2.05) is 26.0 Å². The van der Waals surface area contributed by atoms with E-state index in [0.29, 0.717) is 11.4 Å². The van der Waals surface area contributed by atoms with Crippen LogP contribution in [0.4, 0.5) is 10.2 Å². The van der Waals surface area contributed by atoms with E-state index in [1.54, 1.807) is 66.9 Å². The summed E-state index contributed by atoms with van der Waals surface area (Å²) >= 11 is 0. The van der Waals surface area contributed by atoms with Crippen molar-refractivity contribution in [3.63, 3.8) is 0 Å². The number of nitrogens with two attached hydrogens (primary N) is 2. The molecule has 0 saturated carbocycles. The predicted octanol–water partition coefficient (Wildman–Crippen LogP) is 9.04. The van der Waals surface area contributed by atoms with Crippen LogP contribution in [0.3, 0.4) is 0 Å². The van der Waals surface area contributed by atoms with E-state index in [-0.39, 0.29) is 17.5 Å². The number of carboxylic acid groups (broad SMARTS) is 1. The van der Waals surface area contributed by atoms with Gasteiger partial charge in [0.15, 0.2) is 5.75 Å². The van der Waals surface area contributed by atoms with E-state index in [4.69, 9.17) is 26.0 Å². The maximum absolute atomic E-state index is 11.2. The highest BCUT2D eigenvalue weighted by atomic mass is 19.3. The van der Waals surface area contributed by atoms with Gasteiger partial charge in [0.05, 0.1) is 11.8 Å². The molecule has 0 radical (unpaired) electrons. The molecule has 1 aliphatic rings. The second-order valence-electron chi connectivity index (χ2n) is 8.62. The number of unbranched alkanes of at least 4 members (excludes halogenated alkanes) is 1. The average Bonchev–Trinajstić information content (AvgIpc) is 3.02. The Morgan fingerprint density at radius 3 is 2.21 bits per heavy atom. The third kappa shape index (κ3) is 17.4. The highest BCUT2D eigenvalue weighted by molar-refractivity contribution is 5.93. The van der Waals surface area contributed by atoms with Crippen molar-refractivity contribution in [2.45, 2.75) is 72.4 Å². The number of hydrogen-bond acceptors (Lipinski definition) is 6. The van der Waals surface area contributed by atoms with Gasteiger partial charge in [0.1, 0.15) is 17.7 Å². The summed E-state index contributed by atoms with van der Waals surface area (Å²) in [4.78, 5) is 13.8. The fourth-order valence-electron chi connectivity index (χ4n) is 3.28. The second kappa shape index (κ2) is 24.5. The quantitative estimate of drug-likeness (QED) is 0.0989. The number of halogens is 1. The summed E-state index contributed by atoms with van der Waals surface area (Å²) in [6.45, 7) is 12.0. The summed E-state index contributed by atoms with van der Waals surface area (Å²) in [6.07, 6.45) is 17.0. The van der Waals surface area contributed by atoms with Gasteiger partial charge >= 0.3 is 5.97 Å². The summed E-state index contributed by atoms with van der Waals surface area (Å²) in [5, 5.41) is 8.49. The summed E-state index contributed by atoms with van der Waals surface area (Å²) in [5.74, 6) is 0.924. The van der Waals surface area contributed by atoms with E-state index >= 15 is 0 Å². The largest absolute Gasteiger partial charge is 0.483 e. The van der Waals surface area contributed by atoms with Crippen LogP contribution in [0.1, 0.15) is 76.6 Å². The van der Waals surface area contributed by atoms with Crippen LogP contribution in [0.5, 0.6) is 5.75 Å². The second-order valence-corrected chi connectivity index (χ2v) is 8.62. The number of hydrogen-bond donors (Lipinski definition) is 3. The fraction of sp³-hybridized carbons (Fsp3) is 0.324. The zero-order valence-electron chi connectivity index (χ0n) is 25.3. The average molecular weight is 583 g/mol. The number of aromatic carboxylic acids is 1. The van der Waals surface area contributed by atoms with Crippen molar-refractivity contribution in [2.75, 3.05) is 5.73 Å². The SMILES string of the molecule is C=C/C=C(\C=C/OC(N)CCCC)OC1=CC=C(CC)CC1.CC.FOc1ccccc1.Nc1ccccc1C(=O)O. The first kappa shape index (κ1) is 37.7. The maximum Gasteiger partial charge on any atom is 0.337 e. The molecule has 3 rings (SSSR count). The Bertz CT molecular complexity index is 1140. The molecule has 1 aliphatic carbocycles. The van der Waals surface area contributed by atoms with E-state index in [9.17, 15) is 9.32 Å². The lowest BCUT2D eigenvalue weighted by Crippen LogP contribution is -2.21. The Balaban J connectivity index is 0.000000686. The number of para-hydroxylation sites is 2. The first-order valence-corrected chi connectivity index (χ1v) is 14.2. The van der Waals surface area contributed by atoms with Crippen molar-refractivity contribution in [1.82, 2.24) is 0 Å². The molecule has 0 fully saturated rings. The number of nitrogen functional groups attached to an aromatic ring is 1. The Kier molecular flexibility index (Phi) is 22.0. The summed E-state index contributed by atoms with van der Waals surface area (Å²) in [5.41, 5.74) is 13.1. The molecule has 230 valence electrons. The minimum absolute atomic E-state index is 0.155. The Morgan fingerprint density at radius 2 is 1.74 bits per heavy atom. The van der Waals surface area contributed by atoms with Crippen LogP contribution in [0.2, 0.25) is 0 Å². The van der Waals surface area contributed by atoms with Crippen molar-refractivity contribution in [3.05, 3.63) is 120 Å². The first-order valence-electron chi connectivity index (χ1n) is 14.2. The van der Waals surface area contributed by atoms with Gasteiger partial charge in [0, 0.05) is 22.7 Å². The molecular formula is C34H47FN2O5. The van der Waals surface area contributed by atoms with Crippen molar-refractivity contribution >= 4 is 11.7 Å². The molecular weight excluding hydrogens is 535 g/mol. The number of ether oxygens (including phenoxy) is 2. The van der Waals surface area contributed by atoms with Crippen molar-refractivity contribution in [2.24, 2.45) is 5.73 Å². The number of rotatable bonds is 12. The molecule has 7 nitrogen and oxygen atoms in total. The van der Waals surface area contributed by atoms with Gasteiger partial charge in [0.25, 0.3) is 0 Å². The number of carbonyl (C=O) groups is 1. The molecule has 8 heteroatoms. The summed E-state index contributed by atoms with van der Waals surface area (Å²) in [6, 6.07) is 14.6. The van der Waals surface area contributed by atoms with Crippen LogP contribution < -0.4 is 16.4 Å². The number of benzene rings is 2. The third-order valence-corrected chi connectivity index (χ3v) is 5.53. The molecule has 0 aliphatic heterocycles. The maximum atomic E-state index is 11.2. The van der Waals surface area contributed by atoms with Gasteiger partial charge in [-0.2, -0.15) is 0 Å². The standard InChI is InChI=1S/C19H29NO2.C7H7NO2.C6H5FO.C2H6/c1-4-7-9-19(20)21-15-14-17(8-5-2)22-18-12-10-16(6-3)11-13-18;8-6-4-2-1-3-5(6)7(9)10;7-8-6-4-2-1-3-5-6;1-2/h5,8,10,12,14-15,19H,2,4,6-7,9,11,13,20H2,1,3H3;1-4H,8H2,(H,9,10);1-5H;1-2H3/b15-14-,17-8+;;;. The normalized spacial score (nSPS) is 12.9. The van der Waals surface area contributed by atoms with Crippen molar-refractivity contribution in [1.29, 1.82) is 0 Å². The van der Waals surface area contributed by atoms with Crippen LogP contribution in [0, 0.1) is 0 Å². The molecule has 0 heterocycles. The monoisotopic (exact) mass is 582 g/mol. The Labute approximate surface area is 250 Å². The van der Waals surface area contributed by atoms with Gasteiger partial charge in [0.2, 0.25) is 0 Å². The third-order valence-electron chi connectivity index (χ3n) is 5.53. The number of allylic oxidation sites excluding steroid dienone is 7. The van der Waals surface area contributed by atoms with E-state index in [0.717, 1.165) is 44.3 Å². The van der Waals surface area contributed by atoms with Gasteiger partial charge in [-0.05, 0) is 62.1 Å². The Morgan fingerprint density at radius 1 is 1.07 bits per heavy atom. The minimum atomic E-state index is -0.988. The Hall–Kier alpha value is -4.30. The molecule has 5 N–H and O–H groups in total. The van der Waals surface area contributed by atoms with E-state index in [2.05, 4.69) is 31.4 Å². The number of anilines is 1. The fourth-order valence-corrected chi connectivity index (χ4v) is 3.28. The first-order chi connectivity index (χ1) is 20.3. The zero-order chi connectivity index (χ0) is 31.6. The highest BCUT2D eigenvalue weighted by Gasteiger charge is 2.08. The van der Waals surface area contributed by atoms with Gasteiger partial charge in [-0.25, -0.2) is 4.79 Å². The zero-order valence-corrected chi connectivity index (χ0v) is 25.3. The lowest BCUT2D eigenvalue weighted by Gasteiger charge is -2.15. The number of carboxylic acids is 1. The van der Waals surface area contributed by atoms with Gasteiger partial charge in [-0.3, -0.25) is 10.7 Å². The van der Waals surface area contributed by atoms with Crippen LogP contribution >= 0.6 is 0 Å². The lowest BCUT2D eigenvalue weighted by molar-refractivity contribution is -0.00620. The van der Waals surface area contributed by atoms with Crippen molar-refractivity contribution < 1.29 is 28.8 Å². The summed E-state index contributed by atoms with van der Waals surface area (Å²) in [7, 11) is 0. The van der Waals surface area contributed by atoms with Gasteiger partial charge < -0.3 is 20.3 Å². The van der Waals surface area contributed by atoms with Gasteiger partial charge in [-0.1, -0.05) is 88.8 Å². The molecule has 0 saturated heterocycles. The van der Waals surface area contributed by atoms with E-state index in [1.165, 1.54) is 11.6 Å². The smallest absolute Gasteiger partial charge is 0.337 e. The van der Waals surface area contributed by atoms with Crippen LogP contribution in [0.15, 0.2) is 115 Å². The molecule has 2 aromatic rings. The molecule has 0 aromatic heterocycles. The molecule has 0 bridgehead atoms. The molecule has 0 spiro atoms. The minimum Gasteiger partial charge on any atom is -0.483 e. The van der Waals surface area contributed by atoms with E-state index < -0.39 is 5.97 Å². The molecule has 2 aromatic carbocycles.